The monoisotopic (exact) mass is 459 g/mol. The lowest BCUT2D eigenvalue weighted by molar-refractivity contribution is -0.132. The zero-order valence-electron chi connectivity index (χ0n) is 19.5. The average molecular weight is 460 g/mol. The third-order valence-electron chi connectivity index (χ3n) is 6.66. The number of H-pyrrole nitrogens is 1. The number of hydrogen-bond donors (Lipinski definition) is 1. The summed E-state index contributed by atoms with van der Waals surface area (Å²) in [6, 6.07) is 16.0. The van der Waals surface area contributed by atoms with E-state index in [1.54, 1.807) is 0 Å². The third-order valence-corrected chi connectivity index (χ3v) is 6.66. The topological polar surface area (TPSA) is 97.0 Å². The van der Waals surface area contributed by atoms with E-state index in [0.29, 0.717) is 43.6 Å². The second kappa shape index (κ2) is 9.29. The Morgan fingerprint density at radius 3 is 2.59 bits per heavy atom. The first-order chi connectivity index (χ1) is 16.5. The van der Waals surface area contributed by atoms with Crippen molar-refractivity contribution in [2.75, 3.05) is 13.1 Å². The molecule has 0 spiro atoms. The van der Waals surface area contributed by atoms with Crippen molar-refractivity contribution in [1.29, 1.82) is 0 Å². The Balaban J connectivity index is 1.16. The molecule has 0 unspecified atom stereocenters. The molecule has 1 amide bonds. The number of carbonyl (C=O) groups is 1. The van der Waals surface area contributed by atoms with Gasteiger partial charge in [0, 0.05) is 37.5 Å². The minimum atomic E-state index is -0.0861. The summed E-state index contributed by atoms with van der Waals surface area (Å²) in [6.07, 6.45) is 2.25. The number of fused-ring (bicyclic) bond motifs is 1. The summed E-state index contributed by atoms with van der Waals surface area (Å²) >= 11 is 0. The number of nitrogens with zero attached hydrogens (tertiary/aromatic N) is 4. The van der Waals surface area contributed by atoms with Crippen LogP contribution in [0.4, 0.5) is 0 Å². The van der Waals surface area contributed by atoms with Crippen molar-refractivity contribution < 1.29 is 9.32 Å². The Morgan fingerprint density at radius 2 is 1.85 bits per heavy atom. The fraction of sp³-hybridized carbons (Fsp3) is 0.385. The van der Waals surface area contributed by atoms with Gasteiger partial charge < -0.3 is 14.4 Å². The summed E-state index contributed by atoms with van der Waals surface area (Å²) in [6.45, 7) is 5.58. The van der Waals surface area contributed by atoms with Gasteiger partial charge in [0.25, 0.3) is 0 Å². The molecule has 5 rings (SSSR count). The molecule has 0 radical (unpaired) electrons. The summed E-state index contributed by atoms with van der Waals surface area (Å²) in [5, 5.41) is 4.08. The lowest BCUT2D eigenvalue weighted by atomic mass is 10.0. The second-order valence-corrected chi connectivity index (χ2v) is 9.22. The highest BCUT2D eigenvalue weighted by molar-refractivity contribution is 5.77. The minimum Gasteiger partial charge on any atom is -0.343 e. The van der Waals surface area contributed by atoms with Gasteiger partial charge in [-0.15, -0.1) is 0 Å². The van der Waals surface area contributed by atoms with Gasteiger partial charge in [-0.25, -0.2) is 4.79 Å². The van der Waals surface area contributed by atoms with Crippen LogP contribution in [0, 0.1) is 0 Å². The number of benzene rings is 2. The number of aromatic nitrogens is 4. The van der Waals surface area contributed by atoms with Gasteiger partial charge in [-0.3, -0.25) is 9.36 Å². The Labute approximate surface area is 197 Å². The molecule has 0 aliphatic carbocycles. The SMILES string of the molecule is CC(C)c1ccc(-c2noc(CCC(=O)N3CCC(n4c(=O)[nH]c5ccccc54)CC3)n2)cc1. The van der Waals surface area contributed by atoms with E-state index in [2.05, 4.69) is 41.1 Å². The van der Waals surface area contributed by atoms with E-state index in [0.717, 1.165) is 29.4 Å². The van der Waals surface area contributed by atoms with Gasteiger partial charge in [0.2, 0.25) is 17.6 Å². The van der Waals surface area contributed by atoms with Crippen molar-refractivity contribution in [3.8, 4) is 11.4 Å². The lowest BCUT2D eigenvalue weighted by Gasteiger charge is -2.32. The first-order valence-corrected chi connectivity index (χ1v) is 11.9. The smallest absolute Gasteiger partial charge is 0.326 e. The Morgan fingerprint density at radius 1 is 1.12 bits per heavy atom. The molecule has 3 heterocycles. The number of amides is 1. The van der Waals surface area contributed by atoms with Gasteiger partial charge in [0.1, 0.15) is 0 Å². The van der Waals surface area contributed by atoms with Crippen LogP contribution in [0.25, 0.3) is 22.4 Å². The molecule has 2 aromatic carbocycles. The normalized spacial score (nSPS) is 14.9. The first-order valence-electron chi connectivity index (χ1n) is 11.9. The fourth-order valence-corrected chi connectivity index (χ4v) is 4.67. The molecule has 4 aromatic rings. The van der Waals surface area contributed by atoms with Crippen LogP contribution in [0.1, 0.15) is 56.5 Å². The number of nitrogens with one attached hydrogen (secondary N) is 1. The van der Waals surface area contributed by atoms with Gasteiger partial charge in [0.15, 0.2) is 0 Å². The van der Waals surface area contributed by atoms with Crippen LogP contribution in [0.2, 0.25) is 0 Å². The molecule has 176 valence electrons. The van der Waals surface area contributed by atoms with Crippen molar-refractivity contribution >= 4 is 16.9 Å². The fourth-order valence-electron chi connectivity index (χ4n) is 4.67. The molecule has 1 aliphatic rings. The van der Waals surface area contributed by atoms with Gasteiger partial charge in [-0.05, 0) is 36.5 Å². The first kappa shape index (κ1) is 22.1. The van der Waals surface area contributed by atoms with Crippen molar-refractivity contribution in [3.63, 3.8) is 0 Å². The molecule has 0 saturated carbocycles. The molecule has 1 aliphatic heterocycles. The highest BCUT2D eigenvalue weighted by Gasteiger charge is 2.26. The van der Waals surface area contributed by atoms with Crippen LogP contribution < -0.4 is 5.69 Å². The van der Waals surface area contributed by atoms with Crippen LogP contribution in [0.15, 0.2) is 57.8 Å². The highest BCUT2D eigenvalue weighted by Crippen LogP contribution is 2.25. The highest BCUT2D eigenvalue weighted by atomic mass is 16.5. The van der Waals surface area contributed by atoms with Gasteiger partial charge in [-0.1, -0.05) is 55.4 Å². The van der Waals surface area contributed by atoms with E-state index in [-0.39, 0.29) is 17.6 Å². The number of likely N-dealkylation sites (tertiary alicyclic amines) is 1. The second-order valence-electron chi connectivity index (χ2n) is 9.22. The number of aryl methyl sites for hydroxylation is 1. The van der Waals surface area contributed by atoms with Crippen molar-refractivity contribution in [2.24, 2.45) is 0 Å². The summed E-state index contributed by atoms with van der Waals surface area (Å²) in [4.78, 5) is 34.5. The number of aromatic amines is 1. The number of piperidine rings is 1. The summed E-state index contributed by atoms with van der Waals surface area (Å²) < 4.78 is 7.22. The minimum absolute atomic E-state index is 0.0748. The average Bonchev–Trinajstić information content (AvgIpc) is 3.46. The summed E-state index contributed by atoms with van der Waals surface area (Å²) in [7, 11) is 0. The summed E-state index contributed by atoms with van der Waals surface area (Å²) in [5.41, 5.74) is 3.85. The molecular formula is C26H29N5O3. The molecule has 0 bridgehead atoms. The number of hydrogen-bond acceptors (Lipinski definition) is 5. The van der Waals surface area contributed by atoms with E-state index in [1.165, 1.54) is 5.56 Å². The molecule has 8 nitrogen and oxygen atoms in total. The molecular weight excluding hydrogens is 430 g/mol. The molecule has 8 heteroatoms. The van der Waals surface area contributed by atoms with Crippen LogP contribution in [-0.4, -0.2) is 43.6 Å². The number of carbonyl (C=O) groups excluding carboxylic acids is 1. The van der Waals surface area contributed by atoms with Crippen LogP contribution >= 0.6 is 0 Å². The number of imidazole rings is 1. The molecule has 2 aromatic heterocycles. The standard InChI is InChI=1S/C26H29N5O3/c1-17(2)18-7-9-19(10-8-18)25-28-23(34-29-25)11-12-24(32)30-15-13-20(14-16-30)31-22-6-4-3-5-21(22)27-26(31)33/h3-10,17,20H,11-16H2,1-2H3,(H,27,33). The van der Waals surface area contributed by atoms with E-state index in [9.17, 15) is 9.59 Å². The molecule has 1 saturated heterocycles. The van der Waals surface area contributed by atoms with Crippen molar-refractivity contribution in [1.82, 2.24) is 24.6 Å². The third kappa shape index (κ3) is 4.40. The van der Waals surface area contributed by atoms with Gasteiger partial charge >= 0.3 is 5.69 Å². The number of rotatable bonds is 6. The van der Waals surface area contributed by atoms with Crippen molar-refractivity contribution in [3.05, 3.63) is 70.5 Å². The number of para-hydroxylation sites is 2. The molecule has 34 heavy (non-hydrogen) atoms. The van der Waals surface area contributed by atoms with E-state index >= 15 is 0 Å². The van der Waals surface area contributed by atoms with Crippen LogP contribution in [-0.2, 0) is 11.2 Å². The van der Waals surface area contributed by atoms with Crippen molar-refractivity contribution in [2.45, 2.75) is 51.5 Å². The quantitative estimate of drug-likeness (QED) is 0.464. The maximum atomic E-state index is 12.8. The van der Waals surface area contributed by atoms with E-state index in [1.807, 2.05) is 45.9 Å². The summed E-state index contributed by atoms with van der Waals surface area (Å²) in [5.74, 6) is 1.55. The maximum Gasteiger partial charge on any atom is 0.326 e. The van der Waals surface area contributed by atoms with E-state index < -0.39 is 0 Å². The zero-order valence-corrected chi connectivity index (χ0v) is 19.5. The van der Waals surface area contributed by atoms with Gasteiger partial charge in [-0.2, -0.15) is 4.98 Å². The zero-order chi connectivity index (χ0) is 23.7. The predicted octanol–water partition coefficient (Wildman–Crippen LogP) is 4.30. The van der Waals surface area contributed by atoms with Gasteiger partial charge in [0.05, 0.1) is 11.0 Å². The van der Waals surface area contributed by atoms with Crippen LogP contribution in [0.5, 0.6) is 0 Å². The Kier molecular flexibility index (Phi) is 6.04. The lowest BCUT2D eigenvalue weighted by Crippen LogP contribution is -2.40. The Hall–Kier alpha value is -3.68. The molecule has 1 fully saturated rings. The maximum absolute atomic E-state index is 12.8. The van der Waals surface area contributed by atoms with Crippen LogP contribution in [0.3, 0.4) is 0 Å². The molecule has 1 N–H and O–H groups in total. The molecule has 0 atom stereocenters. The largest absolute Gasteiger partial charge is 0.343 e. The van der Waals surface area contributed by atoms with E-state index in [4.69, 9.17) is 4.52 Å². The predicted molar refractivity (Wildman–Crippen MR) is 130 cm³/mol. The Bertz CT molecular complexity index is 1340.